The molecule has 0 bridgehead atoms. The Kier molecular flexibility index (Phi) is 7.39. The molecule has 29 heavy (non-hydrogen) atoms. The van der Waals surface area contributed by atoms with Gasteiger partial charge in [0.1, 0.15) is 0 Å². The third-order valence-corrected chi connectivity index (χ3v) is 8.18. The van der Waals surface area contributed by atoms with Crippen LogP contribution in [-0.2, 0) is 4.74 Å². The summed E-state index contributed by atoms with van der Waals surface area (Å²) in [5.41, 5.74) is 0. The van der Waals surface area contributed by atoms with E-state index in [1.54, 1.807) is 0 Å². The summed E-state index contributed by atoms with van der Waals surface area (Å²) in [6.07, 6.45) is 14.5. The predicted molar refractivity (Wildman–Crippen MR) is 117 cm³/mol. The van der Waals surface area contributed by atoms with Crippen LogP contribution >= 0.6 is 0 Å². The van der Waals surface area contributed by atoms with Gasteiger partial charge in [-0.25, -0.2) is 4.79 Å². The van der Waals surface area contributed by atoms with Gasteiger partial charge in [0.15, 0.2) is 0 Å². The lowest BCUT2D eigenvalue weighted by atomic mass is 9.80. The summed E-state index contributed by atoms with van der Waals surface area (Å²) in [6.45, 7) is 8.45. The van der Waals surface area contributed by atoms with Gasteiger partial charge in [0.25, 0.3) is 0 Å². The minimum Gasteiger partial charge on any atom is -0.379 e. The summed E-state index contributed by atoms with van der Waals surface area (Å²) in [6, 6.07) is 1.96. The Morgan fingerprint density at radius 3 is 2.41 bits per heavy atom. The third kappa shape index (κ3) is 5.28. The number of likely N-dealkylation sites (tertiary alicyclic amines) is 1. The maximum Gasteiger partial charge on any atom is 0.317 e. The molecule has 2 heterocycles. The number of nitrogens with one attached hydrogen (secondary N) is 1. The molecule has 4 aliphatic rings. The highest BCUT2D eigenvalue weighted by atomic mass is 16.5. The second kappa shape index (κ2) is 10.00. The highest BCUT2D eigenvalue weighted by Gasteiger charge is 2.41. The van der Waals surface area contributed by atoms with E-state index in [4.69, 9.17) is 4.74 Å². The predicted octanol–water partition coefficient (Wildman–Crippen LogP) is 4.41. The fourth-order valence-electron chi connectivity index (χ4n) is 6.49. The van der Waals surface area contributed by atoms with Gasteiger partial charge in [-0.2, -0.15) is 0 Å². The van der Waals surface area contributed by atoms with Gasteiger partial charge < -0.3 is 19.9 Å². The Balaban J connectivity index is 1.22. The number of fused-ring (bicyclic) bond motifs is 1. The van der Waals surface area contributed by atoms with Crippen LogP contribution in [0.1, 0.15) is 84.5 Å². The standard InChI is InChI=1S/C24H43N3O2/c1-18(2)29-16-13-19-7-9-21(10-8-19)26-14-11-22(12-15-26)27-23-6-4-3-5-20(23)17-25-24(27)28/h18-23H,3-17H2,1-2H3,(H,25,28)/t19?,20-,21?,23+/m1/s1. The number of urea groups is 1. The highest BCUT2D eigenvalue weighted by molar-refractivity contribution is 5.76. The molecule has 0 radical (unpaired) electrons. The van der Waals surface area contributed by atoms with Crippen LogP contribution in [0.4, 0.5) is 4.79 Å². The SMILES string of the molecule is CC(C)OCCC1CCC(N2CCC(N3C(=O)NC[C@H]4CCCC[C@@H]43)CC2)CC1. The van der Waals surface area contributed by atoms with Crippen molar-refractivity contribution in [1.82, 2.24) is 15.1 Å². The van der Waals surface area contributed by atoms with Crippen LogP contribution in [0.2, 0.25) is 0 Å². The van der Waals surface area contributed by atoms with Crippen molar-refractivity contribution in [1.29, 1.82) is 0 Å². The second-order valence-corrected chi connectivity index (χ2v) is 10.4. The summed E-state index contributed by atoms with van der Waals surface area (Å²) < 4.78 is 5.76. The first-order valence-electron chi connectivity index (χ1n) is 12.5. The van der Waals surface area contributed by atoms with E-state index in [0.29, 0.717) is 24.1 Å². The third-order valence-electron chi connectivity index (χ3n) is 8.18. The first kappa shape index (κ1) is 21.4. The maximum atomic E-state index is 12.7. The van der Waals surface area contributed by atoms with Gasteiger partial charge in [0, 0.05) is 44.4 Å². The fourth-order valence-corrected chi connectivity index (χ4v) is 6.49. The van der Waals surface area contributed by atoms with Crippen molar-refractivity contribution < 1.29 is 9.53 Å². The van der Waals surface area contributed by atoms with Gasteiger partial charge in [-0.05, 0) is 83.5 Å². The number of hydrogen-bond donors (Lipinski definition) is 1. The first-order valence-corrected chi connectivity index (χ1v) is 12.5. The zero-order chi connectivity index (χ0) is 20.2. The summed E-state index contributed by atoms with van der Waals surface area (Å²) in [5.74, 6) is 1.55. The van der Waals surface area contributed by atoms with E-state index in [1.807, 2.05) is 0 Å². The molecule has 0 aromatic heterocycles. The van der Waals surface area contributed by atoms with Gasteiger partial charge in [0.05, 0.1) is 6.10 Å². The van der Waals surface area contributed by atoms with Crippen LogP contribution in [0.15, 0.2) is 0 Å². The Morgan fingerprint density at radius 2 is 1.69 bits per heavy atom. The lowest BCUT2D eigenvalue weighted by Gasteiger charge is -2.50. The minimum atomic E-state index is 0.218. The lowest BCUT2D eigenvalue weighted by Crippen LogP contribution is -2.63. The maximum absolute atomic E-state index is 12.7. The Hall–Kier alpha value is -0.810. The minimum absolute atomic E-state index is 0.218. The molecule has 0 spiro atoms. The summed E-state index contributed by atoms with van der Waals surface area (Å²) in [7, 11) is 0. The average Bonchev–Trinajstić information content (AvgIpc) is 2.74. The lowest BCUT2D eigenvalue weighted by molar-refractivity contribution is 0.0229. The van der Waals surface area contributed by atoms with Crippen molar-refractivity contribution >= 4 is 6.03 Å². The largest absolute Gasteiger partial charge is 0.379 e. The van der Waals surface area contributed by atoms with E-state index in [9.17, 15) is 4.79 Å². The number of piperidine rings is 1. The van der Waals surface area contributed by atoms with Gasteiger partial charge in [0.2, 0.25) is 0 Å². The molecule has 166 valence electrons. The molecule has 2 saturated heterocycles. The number of carbonyl (C=O) groups is 1. The second-order valence-electron chi connectivity index (χ2n) is 10.4. The van der Waals surface area contributed by atoms with E-state index >= 15 is 0 Å². The van der Waals surface area contributed by atoms with Crippen molar-refractivity contribution in [3.8, 4) is 0 Å². The van der Waals surface area contributed by atoms with Gasteiger partial charge in [-0.3, -0.25) is 0 Å². The van der Waals surface area contributed by atoms with Crippen molar-refractivity contribution in [3.05, 3.63) is 0 Å². The van der Waals surface area contributed by atoms with E-state index in [0.717, 1.165) is 25.1 Å². The van der Waals surface area contributed by atoms with Crippen LogP contribution < -0.4 is 5.32 Å². The molecule has 1 N–H and O–H groups in total. The molecule has 4 fully saturated rings. The number of ether oxygens (including phenoxy) is 1. The molecule has 4 rings (SSSR count). The topological polar surface area (TPSA) is 44.8 Å². The van der Waals surface area contributed by atoms with Gasteiger partial charge in [-0.1, -0.05) is 12.8 Å². The number of nitrogens with zero attached hydrogens (tertiary/aromatic N) is 2. The first-order chi connectivity index (χ1) is 14.1. The number of rotatable bonds is 6. The van der Waals surface area contributed by atoms with Gasteiger partial charge >= 0.3 is 6.03 Å². The molecular formula is C24H43N3O2. The van der Waals surface area contributed by atoms with Crippen LogP contribution in [-0.4, -0.2) is 66.3 Å². The average molecular weight is 406 g/mol. The highest BCUT2D eigenvalue weighted by Crippen LogP contribution is 2.36. The van der Waals surface area contributed by atoms with Gasteiger partial charge in [-0.15, -0.1) is 0 Å². The van der Waals surface area contributed by atoms with Crippen LogP contribution in [0.5, 0.6) is 0 Å². The molecule has 5 heteroatoms. The van der Waals surface area contributed by atoms with E-state index in [1.165, 1.54) is 83.7 Å². The molecule has 2 aliphatic carbocycles. The van der Waals surface area contributed by atoms with Crippen LogP contribution in [0.3, 0.4) is 0 Å². The Bertz CT molecular complexity index is 524. The number of hydrogen-bond acceptors (Lipinski definition) is 3. The molecule has 2 amide bonds. The molecule has 2 atom stereocenters. The van der Waals surface area contributed by atoms with Crippen LogP contribution in [0.25, 0.3) is 0 Å². The molecule has 0 aromatic rings. The van der Waals surface area contributed by atoms with Crippen LogP contribution in [0, 0.1) is 11.8 Å². The zero-order valence-electron chi connectivity index (χ0n) is 18.8. The molecule has 2 aliphatic heterocycles. The zero-order valence-corrected chi connectivity index (χ0v) is 18.8. The normalized spacial score (nSPS) is 34.9. The summed E-state index contributed by atoms with van der Waals surface area (Å²) in [5, 5.41) is 3.19. The van der Waals surface area contributed by atoms with Crippen molar-refractivity contribution in [2.75, 3.05) is 26.2 Å². The van der Waals surface area contributed by atoms with Crippen molar-refractivity contribution in [2.45, 2.75) is 109 Å². The Labute approximate surface area is 177 Å². The summed E-state index contributed by atoms with van der Waals surface area (Å²) in [4.78, 5) is 17.7. The molecule has 0 unspecified atom stereocenters. The molecule has 2 saturated carbocycles. The van der Waals surface area contributed by atoms with Crippen molar-refractivity contribution in [3.63, 3.8) is 0 Å². The van der Waals surface area contributed by atoms with E-state index in [-0.39, 0.29) is 6.03 Å². The number of carbonyl (C=O) groups excluding carboxylic acids is 1. The Morgan fingerprint density at radius 1 is 0.966 bits per heavy atom. The molecule has 0 aromatic carbocycles. The van der Waals surface area contributed by atoms with E-state index < -0.39 is 0 Å². The quantitative estimate of drug-likeness (QED) is 0.712. The molecule has 5 nitrogen and oxygen atoms in total. The monoisotopic (exact) mass is 405 g/mol. The molecular weight excluding hydrogens is 362 g/mol. The summed E-state index contributed by atoms with van der Waals surface area (Å²) >= 11 is 0. The smallest absolute Gasteiger partial charge is 0.317 e. The fraction of sp³-hybridized carbons (Fsp3) is 0.958. The number of amides is 2. The van der Waals surface area contributed by atoms with Crippen molar-refractivity contribution in [2.24, 2.45) is 11.8 Å². The van der Waals surface area contributed by atoms with E-state index in [2.05, 4.69) is 29.0 Å².